The van der Waals surface area contributed by atoms with Gasteiger partial charge in [0, 0.05) is 30.6 Å². The topological polar surface area (TPSA) is 89.4 Å². The van der Waals surface area contributed by atoms with Gasteiger partial charge >= 0.3 is 12.0 Å². The Morgan fingerprint density at radius 1 is 1.33 bits per heavy atom. The smallest absolute Gasteiger partial charge is 0.331 e. The van der Waals surface area contributed by atoms with E-state index in [2.05, 4.69) is 15.2 Å². The van der Waals surface area contributed by atoms with Gasteiger partial charge in [-0.2, -0.15) is 0 Å². The number of imide groups is 1. The summed E-state index contributed by atoms with van der Waals surface area (Å²) in [4.78, 5) is 34.5. The van der Waals surface area contributed by atoms with E-state index in [1.807, 2.05) is 19.9 Å². The number of hydrogen-bond donors (Lipinski definition) is 2. The SMILES string of the molecule is CNC(=O)NC(=O)[C@H](C)OC(=O)/C=C/c1cc(C)n(C2CC2)c1C. The van der Waals surface area contributed by atoms with Gasteiger partial charge in [0.25, 0.3) is 5.91 Å². The summed E-state index contributed by atoms with van der Waals surface area (Å²) < 4.78 is 7.27. The number of esters is 1. The molecule has 0 saturated heterocycles. The highest BCUT2D eigenvalue weighted by Gasteiger charge is 2.26. The van der Waals surface area contributed by atoms with E-state index < -0.39 is 24.0 Å². The molecule has 2 rings (SSSR count). The van der Waals surface area contributed by atoms with Gasteiger partial charge in [-0.1, -0.05) is 0 Å². The maximum atomic E-state index is 11.8. The monoisotopic (exact) mass is 333 g/mol. The third kappa shape index (κ3) is 4.24. The Kier molecular flexibility index (Phi) is 5.43. The molecule has 1 heterocycles. The predicted octanol–water partition coefficient (Wildman–Crippen LogP) is 1.84. The lowest BCUT2D eigenvalue weighted by Crippen LogP contribution is -2.43. The zero-order valence-corrected chi connectivity index (χ0v) is 14.4. The first-order valence-corrected chi connectivity index (χ1v) is 7.93. The largest absolute Gasteiger partial charge is 0.449 e. The molecule has 0 radical (unpaired) electrons. The lowest BCUT2D eigenvalue weighted by Gasteiger charge is -2.11. The summed E-state index contributed by atoms with van der Waals surface area (Å²) >= 11 is 0. The fourth-order valence-corrected chi connectivity index (χ4v) is 2.57. The Balaban J connectivity index is 1.94. The second kappa shape index (κ2) is 7.33. The molecule has 0 aromatic carbocycles. The van der Waals surface area contributed by atoms with E-state index in [0.29, 0.717) is 6.04 Å². The zero-order valence-electron chi connectivity index (χ0n) is 14.4. The summed E-state index contributed by atoms with van der Waals surface area (Å²) in [5, 5.41) is 4.31. The molecular formula is C17H23N3O4. The van der Waals surface area contributed by atoms with Gasteiger partial charge in [-0.25, -0.2) is 9.59 Å². The molecule has 0 unspecified atom stereocenters. The third-order valence-corrected chi connectivity index (χ3v) is 3.96. The fourth-order valence-electron chi connectivity index (χ4n) is 2.57. The molecule has 0 bridgehead atoms. The fraction of sp³-hybridized carbons (Fsp3) is 0.471. The van der Waals surface area contributed by atoms with Crippen molar-refractivity contribution in [3.05, 3.63) is 29.1 Å². The van der Waals surface area contributed by atoms with Crippen molar-refractivity contribution in [3.63, 3.8) is 0 Å². The van der Waals surface area contributed by atoms with Crippen molar-refractivity contribution in [2.45, 2.75) is 45.8 Å². The lowest BCUT2D eigenvalue weighted by molar-refractivity contribution is -0.149. The van der Waals surface area contributed by atoms with E-state index >= 15 is 0 Å². The first-order chi connectivity index (χ1) is 11.3. The van der Waals surface area contributed by atoms with Crippen LogP contribution in [0.1, 0.15) is 42.8 Å². The summed E-state index contributed by atoms with van der Waals surface area (Å²) in [6, 6.07) is 1.96. The quantitative estimate of drug-likeness (QED) is 0.635. The molecule has 2 N–H and O–H groups in total. The van der Waals surface area contributed by atoms with Crippen LogP contribution in [0.15, 0.2) is 12.1 Å². The van der Waals surface area contributed by atoms with Crippen LogP contribution in [0.5, 0.6) is 0 Å². The minimum Gasteiger partial charge on any atom is -0.449 e. The molecule has 1 aliphatic rings. The number of rotatable bonds is 5. The molecule has 1 saturated carbocycles. The molecule has 1 fully saturated rings. The van der Waals surface area contributed by atoms with Crippen molar-refractivity contribution in [2.24, 2.45) is 0 Å². The highest BCUT2D eigenvalue weighted by atomic mass is 16.5. The molecule has 1 atom stereocenters. The average molecular weight is 333 g/mol. The Hall–Kier alpha value is -2.57. The standard InChI is InChI=1S/C17H23N3O4/c1-10-9-13(11(2)20(10)14-6-7-14)5-8-15(21)24-12(3)16(22)19-17(23)18-4/h5,8-9,12,14H,6-7H2,1-4H3,(H2,18,19,22,23)/b8-5+/t12-/m0/s1. The molecule has 1 aliphatic carbocycles. The number of nitrogens with one attached hydrogen (secondary N) is 2. The number of hydrogen-bond acceptors (Lipinski definition) is 4. The van der Waals surface area contributed by atoms with Crippen LogP contribution in [0.4, 0.5) is 4.79 Å². The maximum Gasteiger partial charge on any atom is 0.331 e. The van der Waals surface area contributed by atoms with E-state index in [1.54, 1.807) is 6.08 Å². The number of ether oxygens (including phenoxy) is 1. The Morgan fingerprint density at radius 3 is 2.58 bits per heavy atom. The Labute approximate surface area is 141 Å². The lowest BCUT2D eigenvalue weighted by atomic mass is 10.2. The average Bonchev–Trinajstić information content (AvgIpc) is 3.31. The number of nitrogens with zero attached hydrogens (tertiary/aromatic N) is 1. The second-order valence-electron chi connectivity index (χ2n) is 5.91. The molecule has 1 aromatic heterocycles. The van der Waals surface area contributed by atoms with E-state index in [9.17, 15) is 14.4 Å². The third-order valence-electron chi connectivity index (χ3n) is 3.96. The van der Waals surface area contributed by atoms with Gasteiger partial charge in [-0.05, 0) is 51.3 Å². The van der Waals surface area contributed by atoms with Gasteiger partial charge < -0.3 is 14.6 Å². The molecule has 3 amide bonds. The minimum atomic E-state index is -1.06. The normalized spacial score (nSPS) is 15.2. The van der Waals surface area contributed by atoms with Crippen molar-refractivity contribution in [2.75, 3.05) is 7.05 Å². The highest BCUT2D eigenvalue weighted by molar-refractivity contribution is 5.98. The van der Waals surface area contributed by atoms with E-state index in [-0.39, 0.29) is 0 Å². The van der Waals surface area contributed by atoms with Crippen molar-refractivity contribution in [3.8, 4) is 0 Å². The molecule has 7 heteroatoms. The van der Waals surface area contributed by atoms with Crippen molar-refractivity contribution in [1.82, 2.24) is 15.2 Å². The van der Waals surface area contributed by atoms with Gasteiger partial charge in [0.15, 0.2) is 6.10 Å². The van der Waals surface area contributed by atoms with Crippen LogP contribution in [0.2, 0.25) is 0 Å². The first kappa shape index (κ1) is 17.8. The highest BCUT2D eigenvalue weighted by Crippen LogP contribution is 2.38. The van der Waals surface area contributed by atoms with Crippen molar-refractivity contribution in [1.29, 1.82) is 0 Å². The maximum absolute atomic E-state index is 11.8. The number of carbonyl (C=O) groups is 3. The Bertz CT molecular complexity index is 686. The van der Waals surface area contributed by atoms with Gasteiger partial charge in [-0.15, -0.1) is 0 Å². The van der Waals surface area contributed by atoms with Crippen LogP contribution < -0.4 is 10.6 Å². The van der Waals surface area contributed by atoms with Crippen LogP contribution in [0.3, 0.4) is 0 Å². The van der Waals surface area contributed by atoms with Crippen LogP contribution in [0.25, 0.3) is 6.08 Å². The van der Waals surface area contributed by atoms with Crippen molar-refractivity contribution < 1.29 is 19.1 Å². The van der Waals surface area contributed by atoms with E-state index in [0.717, 1.165) is 11.3 Å². The molecule has 130 valence electrons. The minimum absolute atomic E-state index is 0.576. The number of urea groups is 1. The molecule has 1 aromatic rings. The summed E-state index contributed by atoms with van der Waals surface area (Å²) in [7, 11) is 1.39. The summed E-state index contributed by atoms with van der Waals surface area (Å²) in [6.45, 7) is 5.48. The first-order valence-electron chi connectivity index (χ1n) is 7.93. The number of aryl methyl sites for hydroxylation is 1. The molecule has 24 heavy (non-hydrogen) atoms. The van der Waals surface area contributed by atoms with Gasteiger partial charge in [-0.3, -0.25) is 10.1 Å². The summed E-state index contributed by atoms with van der Waals surface area (Å²) in [5.74, 6) is -1.31. The van der Waals surface area contributed by atoms with Crippen LogP contribution >= 0.6 is 0 Å². The van der Waals surface area contributed by atoms with E-state index in [4.69, 9.17) is 4.74 Å². The van der Waals surface area contributed by atoms with Crippen molar-refractivity contribution >= 4 is 24.0 Å². The van der Waals surface area contributed by atoms with Gasteiger partial charge in [0.05, 0.1) is 0 Å². The second-order valence-corrected chi connectivity index (χ2v) is 5.91. The molecule has 0 aliphatic heterocycles. The van der Waals surface area contributed by atoms with E-state index in [1.165, 1.54) is 38.6 Å². The number of aromatic nitrogens is 1. The van der Waals surface area contributed by atoms with Gasteiger partial charge in [0.1, 0.15) is 0 Å². The number of amides is 3. The van der Waals surface area contributed by atoms with Gasteiger partial charge in [0.2, 0.25) is 0 Å². The number of carbonyl (C=O) groups excluding carboxylic acids is 3. The van der Waals surface area contributed by atoms with Crippen LogP contribution in [-0.4, -0.2) is 35.6 Å². The molecule has 7 nitrogen and oxygen atoms in total. The Morgan fingerprint density at radius 2 is 2.00 bits per heavy atom. The zero-order chi connectivity index (χ0) is 17.9. The molecule has 0 spiro atoms. The summed E-state index contributed by atoms with van der Waals surface area (Å²) in [5.41, 5.74) is 3.24. The van der Waals surface area contributed by atoms with Crippen LogP contribution in [-0.2, 0) is 14.3 Å². The van der Waals surface area contributed by atoms with Crippen LogP contribution in [0, 0.1) is 13.8 Å². The summed E-state index contributed by atoms with van der Waals surface area (Å²) in [6.07, 6.45) is 4.31. The predicted molar refractivity (Wildman–Crippen MR) is 89.4 cm³/mol. The molecular weight excluding hydrogens is 310 g/mol.